The first-order valence-corrected chi connectivity index (χ1v) is 6.63. The molecule has 0 fully saturated rings. The molecule has 3 rings (SSSR count). The number of imidazole rings is 1. The standard InChI is InChI=1S/C15H13F2N3O2/c1-9-6-14(21)22-12-7-10(2-3-11(9)12)19-8-13-18-4-5-20(13)15(16)17/h2-7,15,19H,8H2,1H3. The molecular weight excluding hydrogens is 292 g/mol. The van der Waals surface area contributed by atoms with Crippen LogP contribution in [0.3, 0.4) is 0 Å². The fourth-order valence-electron chi connectivity index (χ4n) is 2.27. The number of halogens is 2. The van der Waals surface area contributed by atoms with E-state index in [-0.39, 0.29) is 12.4 Å². The van der Waals surface area contributed by atoms with Crippen molar-refractivity contribution in [3.05, 3.63) is 58.5 Å². The Morgan fingerprint density at radius 3 is 2.95 bits per heavy atom. The summed E-state index contributed by atoms with van der Waals surface area (Å²) < 4.78 is 31.4. The van der Waals surface area contributed by atoms with Crippen LogP contribution in [0.2, 0.25) is 0 Å². The maximum absolute atomic E-state index is 12.7. The lowest BCUT2D eigenvalue weighted by atomic mass is 10.1. The molecule has 0 amide bonds. The number of anilines is 1. The van der Waals surface area contributed by atoms with Crippen LogP contribution in [-0.4, -0.2) is 9.55 Å². The van der Waals surface area contributed by atoms with Gasteiger partial charge >= 0.3 is 12.2 Å². The van der Waals surface area contributed by atoms with Gasteiger partial charge in [-0.2, -0.15) is 8.78 Å². The zero-order chi connectivity index (χ0) is 15.7. The average Bonchev–Trinajstić information content (AvgIpc) is 2.93. The molecule has 22 heavy (non-hydrogen) atoms. The number of rotatable bonds is 4. The van der Waals surface area contributed by atoms with E-state index in [4.69, 9.17) is 4.42 Å². The lowest BCUT2D eigenvalue weighted by Crippen LogP contribution is -2.09. The Kier molecular flexibility index (Phi) is 3.62. The van der Waals surface area contributed by atoms with Gasteiger partial charge in [-0.1, -0.05) is 0 Å². The van der Waals surface area contributed by atoms with Crippen molar-refractivity contribution >= 4 is 16.7 Å². The number of fused-ring (bicyclic) bond motifs is 1. The van der Waals surface area contributed by atoms with Crippen LogP contribution in [0.15, 0.2) is 45.9 Å². The summed E-state index contributed by atoms with van der Waals surface area (Å²) >= 11 is 0. The summed E-state index contributed by atoms with van der Waals surface area (Å²) in [7, 11) is 0. The molecule has 114 valence electrons. The Morgan fingerprint density at radius 1 is 1.36 bits per heavy atom. The van der Waals surface area contributed by atoms with E-state index in [1.165, 1.54) is 18.5 Å². The highest BCUT2D eigenvalue weighted by molar-refractivity contribution is 5.83. The number of hydrogen-bond donors (Lipinski definition) is 1. The second kappa shape index (κ2) is 5.59. The molecule has 0 radical (unpaired) electrons. The predicted octanol–water partition coefficient (Wildman–Crippen LogP) is 3.31. The summed E-state index contributed by atoms with van der Waals surface area (Å²) in [6.07, 6.45) is 2.55. The monoisotopic (exact) mass is 305 g/mol. The molecule has 2 heterocycles. The largest absolute Gasteiger partial charge is 0.423 e. The van der Waals surface area contributed by atoms with Crippen molar-refractivity contribution in [2.24, 2.45) is 0 Å². The highest BCUT2D eigenvalue weighted by atomic mass is 19.3. The van der Waals surface area contributed by atoms with Crippen LogP contribution in [0.4, 0.5) is 14.5 Å². The van der Waals surface area contributed by atoms with Crippen LogP contribution < -0.4 is 10.9 Å². The van der Waals surface area contributed by atoms with Crippen molar-refractivity contribution in [2.75, 3.05) is 5.32 Å². The van der Waals surface area contributed by atoms with Gasteiger partial charge in [-0.05, 0) is 24.6 Å². The predicted molar refractivity (Wildman–Crippen MR) is 78.0 cm³/mol. The molecular formula is C15H13F2N3O2. The first kappa shape index (κ1) is 14.2. The van der Waals surface area contributed by atoms with Crippen molar-refractivity contribution in [1.29, 1.82) is 0 Å². The fraction of sp³-hybridized carbons (Fsp3) is 0.200. The second-order valence-electron chi connectivity index (χ2n) is 4.84. The van der Waals surface area contributed by atoms with Gasteiger partial charge in [0.2, 0.25) is 0 Å². The van der Waals surface area contributed by atoms with Crippen molar-refractivity contribution < 1.29 is 13.2 Å². The van der Waals surface area contributed by atoms with Crippen LogP contribution in [0, 0.1) is 6.92 Å². The van der Waals surface area contributed by atoms with Crippen molar-refractivity contribution in [2.45, 2.75) is 20.0 Å². The van der Waals surface area contributed by atoms with E-state index >= 15 is 0 Å². The minimum Gasteiger partial charge on any atom is -0.423 e. The third kappa shape index (κ3) is 2.69. The van der Waals surface area contributed by atoms with Crippen LogP contribution in [0.25, 0.3) is 11.0 Å². The maximum Gasteiger partial charge on any atom is 0.336 e. The van der Waals surface area contributed by atoms with Crippen molar-refractivity contribution in [3.8, 4) is 0 Å². The lowest BCUT2D eigenvalue weighted by Gasteiger charge is -2.09. The van der Waals surface area contributed by atoms with E-state index in [1.54, 1.807) is 12.1 Å². The summed E-state index contributed by atoms with van der Waals surface area (Å²) in [5, 5.41) is 3.83. The first-order valence-electron chi connectivity index (χ1n) is 6.63. The molecule has 0 spiro atoms. The Balaban J connectivity index is 1.85. The third-order valence-corrected chi connectivity index (χ3v) is 3.36. The van der Waals surface area contributed by atoms with Gasteiger partial charge in [-0.15, -0.1) is 0 Å². The van der Waals surface area contributed by atoms with Gasteiger partial charge in [0.25, 0.3) is 0 Å². The number of benzene rings is 1. The van der Waals surface area contributed by atoms with Crippen LogP contribution in [0.1, 0.15) is 17.9 Å². The van der Waals surface area contributed by atoms with E-state index in [2.05, 4.69) is 10.3 Å². The van der Waals surface area contributed by atoms with Gasteiger partial charge in [0.05, 0.1) is 6.54 Å². The molecule has 1 N–H and O–H groups in total. The second-order valence-corrected chi connectivity index (χ2v) is 4.84. The normalized spacial score (nSPS) is 11.3. The molecule has 0 unspecified atom stereocenters. The molecule has 0 aliphatic rings. The Labute approximate surface area is 124 Å². The summed E-state index contributed by atoms with van der Waals surface area (Å²) in [4.78, 5) is 15.3. The summed E-state index contributed by atoms with van der Waals surface area (Å²) in [6.45, 7) is -0.665. The van der Waals surface area contributed by atoms with E-state index < -0.39 is 12.2 Å². The molecule has 0 aliphatic carbocycles. The lowest BCUT2D eigenvalue weighted by molar-refractivity contribution is 0.0673. The minimum atomic E-state index is -2.63. The van der Waals surface area contributed by atoms with Gasteiger partial charge in [0.15, 0.2) is 0 Å². The number of alkyl halides is 2. The van der Waals surface area contributed by atoms with Crippen LogP contribution in [-0.2, 0) is 6.54 Å². The molecule has 0 saturated carbocycles. The van der Waals surface area contributed by atoms with E-state index in [9.17, 15) is 13.6 Å². The van der Waals surface area contributed by atoms with Gasteiger partial charge in [-0.25, -0.2) is 9.78 Å². The minimum absolute atomic E-state index is 0.138. The number of hydrogen-bond acceptors (Lipinski definition) is 4. The SMILES string of the molecule is Cc1cc(=O)oc2cc(NCc3nccn3C(F)F)ccc12. The van der Waals surface area contributed by atoms with Gasteiger partial charge in [0, 0.05) is 35.6 Å². The Morgan fingerprint density at radius 2 is 2.18 bits per heavy atom. The molecule has 0 atom stereocenters. The molecule has 3 aromatic rings. The summed E-state index contributed by atoms with van der Waals surface area (Å²) in [6, 6.07) is 6.70. The highest BCUT2D eigenvalue weighted by Gasteiger charge is 2.11. The zero-order valence-corrected chi connectivity index (χ0v) is 11.7. The van der Waals surface area contributed by atoms with E-state index in [0.717, 1.165) is 15.5 Å². The first-order chi connectivity index (χ1) is 10.5. The molecule has 1 aromatic carbocycles. The third-order valence-electron chi connectivity index (χ3n) is 3.36. The number of aryl methyl sites for hydroxylation is 1. The molecule has 5 nitrogen and oxygen atoms in total. The van der Waals surface area contributed by atoms with Crippen LogP contribution in [0.5, 0.6) is 0 Å². The molecule has 7 heteroatoms. The molecule has 0 bridgehead atoms. The molecule has 0 aliphatic heterocycles. The summed E-state index contributed by atoms with van der Waals surface area (Å²) in [5.74, 6) is 0.223. The van der Waals surface area contributed by atoms with Gasteiger partial charge in [-0.3, -0.25) is 4.57 Å². The van der Waals surface area contributed by atoms with E-state index in [1.807, 2.05) is 13.0 Å². The fourth-order valence-corrected chi connectivity index (χ4v) is 2.27. The zero-order valence-electron chi connectivity index (χ0n) is 11.7. The van der Waals surface area contributed by atoms with Crippen LogP contribution >= 0.6 is 0 Å². The van der Waals surface area contributed by atoms with E-state index in [0.29, 0.717) is 11.3 Å². The number of nitrogens with zero attached hydrogens (tertiary/aromatic N) is 2. The molecule has 0 saturated heterocycles. The molecule has 2 aromatic heterocycles. The highest BCUT2D eigenvalue weighted by Crippen LogP contribution is 2.21. The topological polar surface area (TPSA) is 60.1 Å². The number of nitrogens with one attached hydrogen (secondary N) is 1. The van der Waals surface area contributed by atoms with Crippen molar-refractivity contribution in [3.63, 3.8) is 0 Å². The smallest absolute Gasteiger partial charge is 0.336 e. The Hall–Kier alpha value is -2.70. The Bertz CT molecular complexity index is 871. The number of aromatic nitrogens is 2. The quantitative estimate of drug-likeness (QED) is 0.751. The van der Waals surface area contributed by atoms with Gasteiger partial charge < -0.3 is 9.73 Å². The maximum atomic E-state index is 12.7. The van der Waals surface area contributed by atoms with Gasteiger partial charge in [0.1, 0.15) is 11.4 Å². The average molecular weight is 305 g/mol. The van der Waals surface area contributed by atoms with Crippen molar-refractivity contribution in [1.82, 2.24) is 9.55 Å². The summed E-state index contributed by atoms with van der Waals surface area (Å²) in [5.41, 5.74) is 1.51.